The first-order chi connectivity index (χ1) is 7.61. The van der Waals surface area contributed by atoms with Crippen LogP contribution >= 0.6 is 0 Å². The quantitative estimate of drug-likeness (QED) is 0.761. The molecule has 16 heavy (non-hydrogen) atoms. The fourth-order valence-electron chi connectivity index (χ4n) is 1.32. The second-order valence-electron chi connectivity index (χ2n) is 3.08. The van der Waals surface area contributed by atoms with E-state index >= 15 is 0 Å². The summed E-state index contributed by atoms with van der Waals surface area (Å²) in [7, 11) is 2.51. The van der Waals surface area contributed by atoms with Crippen molar-refractivity contribution in [2.45, 2.75) is 6.04 Å². The van der Waals surface area contributed by atoms with Crippen LogP contribution in [0, 0.1) is 0 Å². The fraction of sp³-hybridized carbons (Fsp3) is 0.273. The van der Waals surface area contributed by atoms with Crippen LogP contribution in [-0.2, 0) is 14.3 Å². The van der Waals surface area contributed by atoms with Gasteiger partial charge >= 0.3 is 11.9 Å². The molecule has 0 bridgehead atoms. The lowest BCUT2D eigenvalue weighted by atomic mass is 10.0. The molecule has 0 aromatic heterocycles. The maximum absolute atomic E-state index is 11.4. The van der Waals surface area contributed by atoms with Gasteiger partial charge in [0.1, 0.15) is 6.04 Å². The Morgan fingerprint density at radius 1 is 1.19 bits per heavy atom. The van der Waals surface area contributed by atoms with Crippen LogP contribution in [0.5, 0.6) is 0 Å². The largest absolute Gasteiger partial charge is 0.468 e. The van der Waals surface area contributed by atoms with E-state index in [2.05, 4.69) is 9.47 Å². The summed E-state index contributed by atoms with van der Waals surface area (Å²) in [6.45, 7) is 0. The Morgan fingerprint density at radius 2 is 1.81 bits per heavy atom. The SMILES string of the molecule is COC(=O)c1ccccc1[C@@H](N)C(=O)OC. The van der Waals surface area contributed by atoms with Crippen molar-refractivity contribution in [2.24, 2.45) is 5.73 Å². The molecule has 1 atom stereocenters. The number of esters is 2. The third-order valence-corrected chi connectivity index (χ3v) is 2.16. The van der Waals surface area contributed by atoms with Crippen LogP contribution in [0.25, 0.3) is 0 Å². The minimum Gasteiger partial charge on any atom is -0.468 e. The van der Waals surface area contributed by atoms with Crippen molar-refractivity contribution < 1.29 is 19.1 Å². The molecular weight excluding hydrogens is 210 g/mol. The fourth-order valence-corrected chi connectivity index (χ4v) is 1.32. The minimum absolute atomic E-state index is 0.267. The summed E-state index contributed by atoms with van der Waals surface area (Å²) in [5.74, 6) is -1.13. The lowest BCUT2D eigenvalue weighted by molar-refractivity contribution is -0.142. The molecule has 0 spiro atoms. The standard InChI is InChI=1S/C11H13NO4/c1-15-10(13)8-6-4-3-5-7(8)9(12)11(14)16-2/h3-6,9H,12H2,1-2H3/t9-/m1/s1. The van der Waals surface area contributed by atoms with Gasteiger partial charge in [0.25, 0.3) is 0 Å². The predicted molar refractivity (Wildman–Crippen MR) is 56.7 cm³/mol. The van der Waals surface area contributed by atoms with Gasteiger partial charge in [0.2, 0.25) is 0 Å². The number of benzene rings is 1. The summed E-state index contributed by atoms with van der Waals surface area (Å²) < 4.78 is 9.11. The molecule has 0 aliphatic heterocycles. The molecule has 1 rings (SSSR count). The molecule has 5 nitrogen and oxygen atoms in total. The lowest BCUT2D eigenvalue weighted by Gasteiger charge is -2.12. The van der Waals surface area contributed by atoms with Crippen LogP contribution in [0.3, 0.4) is 0 Å². The highest BCUT2D eigenvalue weighted by Gasteiger charge is 2.22. The van der Waals surface area contributed by atoms with Crippen molar-refractivity contribution in [2.75, 3.05) is 14.2 Å². The van der Waals surface area contributed by atoms with E-state index in [0.29, 0.717) is 5.56 Å². The molecule has 1 aromatic carbocycles. The normalized spacial score (nSPS) is 11.7. The van der Waals surface area contributed by atoms with Crippen LogP contribution < -0.4 is 5.73 Å². The van der Waals surface area contributed by atoms with E-state index in [-0.39, 0.29) is 5.56 Å². The molecule has 1 aromatic rings. The summed E-state index contributed by atoms with van der Waals surface area (Å²) in [5, 5.41) is 0. The van der Waals surface area contributed by atoms with E-state index in [0.717, 1.165) is 0 Å². The number of ether oxygens (including phenoxy) is 2. The number of methoxy groups -OCH3 is 2. The summed E-state index contributed by atoms with van der Waals surface area (Å²) in [6.07, 6.45) is 0. The third-order valence-electron chi connectivity index (χ3n) is 2.16. The smallest absolute Gasteiger partial charge is 0.338 e. The van der Waals surface area contributed by atoms with Crippen molar-refractivity contribution in [3.63, 3.8) is 0 Å². The maximum Gasteiger partial charge on any atom is 0.338 e. The predicted octanol–water partition coefficient (Wildman–Crippen LogP) is 0.646. The molecule has 2 N–H and O–H groups in total. The molecule has 86 valence electrons. The van der Waals surface area contributed by atoms with Crippen LogP contribution in [-0.4, -0.2) is 26.2 Å². The number of carbonyl (C=O) groups excluding carboxylic acids is 2. The van der Waals surface area contributed by atoms with Crippen LogP contribution in [0.15, 0.2) is 24.3 Å². The monoisotopic (exact) mass is 223 g/mol. The van der Waals surface area contributed by atoms with Gasteiger partial charge in [0.15, 0.2) is 0 Å². The van der Waals surface area contributed by atoms with E-state index in [1.807, 2.05) is 0 Å². The van der Waals surface area contributed by atoms with Crippen LogP contribution in [0.2, 0.25) is 0 Å². The Balaban J connectivity index is 3.13. The zero-order valence-electron chi connectivity index (χ0n) is 9.10. The Morgan fingerprint density at radius 3 is 2.38 bits per heavy atom. The molecule has 0 amide bonds. The molecule has 0 heterocycles. The molecule has 0 fully saturated rings. The Hall–Kier alpha value is -1.88. The highest BCUT2D eigenvalue weighted by molar-refractivity contribution is 5.93. The Labute approximate surface area is 93.1 Å². The minimum atomic E-state index is -0.986. The van der Waals surface area contributed by atoms with E-state index in [1.54, 1.807) is 24.3 Å². The number of carbonyl (C=O) groups is 2. The van der Waals surface area contributed by atoms with E-state index in [4.69, 9.17) is 5.73 Å². The summed E-state index contributed by atoms with van der Waals surface area (Å²) >= 11 is 0. The first-order valence-corrected chi connectivity index (χ1v) is 4.62. The van der Waals surface area contributed by atoms with Crippen molar-refractivity contribution >= 4 is 11.9 Å². The average molecular weight is 223 g/mol. The Bertz CT molecular complexity index is 403. The Kier molecular flexibility index (Phi) is 4.02. The number of nitrogens with two attached hydrogens (primary N) is 1. The molecule has 5 heteroatoms. The first-order valence-electron chi connectivity index (χ1n) is 4.62. The molecule has 0 radical (unpaired) electrons. The second kappa shape index (κ2) is 5.27. The maximum atomic E-state index is 11.4. The van der Waals surface area contributed by atoms with Crippen molar-refractivity contribution in [1.29, 1.82) is 0 Å². The van der Waals surface area contributed by atoms with Gasteiger partial charge in [-0.3, -0.25) is 4.79 Å². The van der Waals surface area contributed by atoms with Crippen LogP contribution in [0.1, 0.15) is 22.0 Å². The second-order valence-corrected chi connectivity index (χ2v) is 3.08. The van der Waals surface area contributed by atoms with Crippen molar-refractivity contribution in [1.82, 2.24) is 0 Å². The molecule has 0 aliphatic rings. The van der Waals surface area contributed by atoms with Gasteiger partial charge in [0.05, 0.1) is 19.8 Å². The number of rotatable bonds is 3. The van der Waals surface area contributed by atoms with Gasteiger partial charge < -0.3 is 15.2 Å². The van der Waals surface area contributed by atoms with Gasteiger partial charge in [-0.05, 0) is 11.6 Å². The van der Waals surface area contributed by atoms with Gasteiger partial charge in [0, 0.05) is 0 Å². The van der Waals surface area contributed by atoms with Gasteiger partial charge in [-0.15, -0.1) is 0 Å². The average Bonchev–Trinajstić information content (AvgIpc) is 2.35. The molecule has 0 unspecified atom stereocenters. The first kappa shape index (κ1) is 12.2. The highest BCUT2D eigenvalue weighted by Crippen LogP contribution is 2.17. The summed E-state index contributed by atoms with van der Waals surface area (Å²) in [5.41, 5.74) is 6.32. The molecular formula is C11H13NO4. The zero-order valence-corrected chi connectivity index (χ0v) is 9.10. The third kappa shape index (κ3) is 2.38. The summed E-state index contributed by atoms with van der Waals surface area (Å²) in [6, 6.07) is 5.50. The number of hydrogen-bond acceptors (Lipinski definition) is 5. The van der Waals surface area contributed by atoms with Gasteiger partial charge in [-0.1, -0.05) is 18.2 Å². The van der Waals surface area contributed by atoms with Gasteiger partial charge in [-0.2, -0.15) is 0 Å². The number of hydrogen-bond donors (Lipinski definition) is 1. The van der Waals surface area contributed by atoms with Crippen molar-refractivity contribution in [3.8, 4) is 0 Å². The summed E-state index contributed by atoms with van der Waals surface area (Å²) in [4.78, 5) is 22.7. The molecule has 0 saturated heterocycles. The molecule has 0 aliphatic carbocycles. The van der Waals surface area contributed by atoms with E-state index < -0.39 is 18.0 Å². The van der Waals surface area contributed by atoms with Crippen molar-refractivity contribution in [3.05, 3.63) is 35.4 Å². The highest BCUT2D eigenvalue weighted by atomic mass is 16.5. The van der Waals surface area contributed by atoms with Gasteiger partial charge in [-0.25, -0.2) is 4.79 Å². The van der Waals surface area contributed by atoms with E-state index in [1.165, 1.54) is 14.2 Å². The lowest BCUT2D eigenvalue weighted by Crippen LogP contribution is -2.25. The zero-order chi connectivity index (χ0) is 12.1. The van der Waals surface area contributed by atoms with Crippen LogP contribution in [0.4, 0.5) is 0 Å². The van der Waals surface area contributed by atoms with E-state index in [9.17, 15) is 9.59 Å². The molecule has 0 saturated carbocycles. The topological polar surface area (TPSA) is 78.6 Å².